The number of aromatic nitrogens is 1. The topological polar surface area (TPSA) is 53.5 Å². The molecule has 2 aromatic rings. The molecule has 1 aliphatic rings. The number of likely N-dealkylation sites (tertiary alicyclic amines) is 1. The maximum atomic E-state index is 13.2. The SMILES string of the molecule is CC1CCN(C(=O)c2cc(C(=O)N(Cc3ccccc3)C(C)C)ccn2)CC1. The lowest BCUT2D eigenvalue weighted by molar-refractivity contribution is 0.0688. The van der Waals surface area contributed by atoms with Crippen LogP contribution in [-0.4, -0.2) is 45.7 Å². The van der Waals surface area contributed by atoms with Gasteiger partial charge in [0.2, 0.25) is 0 Å². The zero-order valence-electron chi connectivity index (χ0n) is 17.0. The van der Waals surface area contributed by atoms with E-state index in [-0.39, 0.29) is 17.9 Å². The van der Waals surface area contributed by atoms with Crippen LogP contribution >= 0.6 is 0 Å². The van der Waals surface area contributed by atoms with Gasteiger partial charge in [0.25, 0.3) is 11.8 Å². The van der Waals surface area contributed by atoms with E-state index in [0.717, 1.165) is 31.5 Å². The van der Waals surface area contributed by atoms with Crippen molar-refractivity contribution in [2.75, 3.05) is 13.1 Å². The van der Waals surface area contributed by atoms with Gasteiger partial charge in [0.15, 0.2) is 0 Å². The fourth-order valence-electron chi connectivity index (χ4n) is 3.49. The van der Waals surface area contributed by atoms with Crippen molar-refractivity contribution in [3.63, 3.8) is 0 Å². The fourth-order valence-corrected chi connectivity index (χ4v) is 3.49. The summed E-state index contributed by atoms with van der Waals surface area (Å²) >= 11 is 0. The number of nitrogens with zero attached hydrogens (tertiary/aromatic N) is 3. The highest BCUT2D eigenvalue weighted by atomic mass is 16.2. The van der Waals surface area contributed by atoms with Crippen molar-refractivity contribution in [1.29, 1.82) is 0 Å². The molecule has 148 valence electrons. The van der Waals surface area contributed by atoms with E-state index in [9.17, 15) is 9.59 Å². The molecule has 1 aromatic heterocycles. The molecule has 1 fully saturated rings. The van der Waals surface area contributed by atoms with Gasteiger partial charge in [-0.1, -0.05) is 37.3 Å². The van der Waals surface area contributed by atoms with Crippen molar-refractivity contribution in [1.82, 2.24) is 14.8 Å². The summed E-state index contributed by atoms with van der Waals surface area (Å²) in [6.07, 6.45) is 3.60. The van der Waals surface area contributed by atoms with Crippen LogP contribution in [0.5, 0.6) is 0 Å². The lowest BCUT2D eigenvalue weighted by Gasteiger charge is -2.30. The molecule has 2 amide bonds. The molecule has 0 N–H and O–H groups in total. The first kappa shape index (κ1) is 20.1. The largest absolute Gasteiger partial charge is 0.337 e. The summed E-state index contributed by atoms with van der Waals surface area (Å²) in [6, 6.07) is 13.3. The first-order valence-corrected chi connectivity index (χ1v) is 10.1. The number of hydrogen-bond donors (Lipinski definition) is 0. The first-order valence-electron chi connectivity index (χ1n) is 10.1. The predicted octanol–water partition coefficient (Wildman–Crippen LogP) is 4.00. The Morgan fingerprint density at radius 1 is 1.14 bits per heavy atom. The Morgan fingerprint density at radius 2 is 1.82 bits per heavy atom. The highest BCUT2D eigenvalue weighted by Gasteiger charge is 2.24. The standard InChI is InChI=1S/C23H29N3O2/c1-17(2)26(16-19-7-5-4-6-8-19)22(27)20-9-12-24-21(15-20)23(28)25-13-10-18(3)11-14-25/h4-9,12,15,17-18H,10-11,13-14,16H2,1-3H3. The number of rotatable bonds is 5. The van der Waals surface area contributed by atoms with E-state index in [4.69, 9.17) is 0 Å². The van der Waals surface area contributed by atoms with Crippen molar-refractivity contribution in [3.05, 3.63) is 65.5 Å². The number of carbonyl (C=O) groups excluding carboxylic acids is 2. The summed E-state index contributed by atoms with van der Waals surface area (Å²) in [6.45, 7) is 8.27. The molecule has 1 saturated heterocycles. The van der Waals surface area contributed by atoms with Gasteiger partial charge in [-0.05, 0) is 50.3 Å². The lowest BCUT2D eigenvalue weighted by Crippen LogP contribution is -2.39. The normalized spacial score (nSPS) is 14.9. The minimum Gasteiger partial charge on any atom is -0.337 e. The number of carbonyl (C=O) groups is 2. The Morgan fingerprint density at radius 3 is 2.46 bits per heavy atom. The van der Waals surface area contributed by atoms with E-state index in [0.29, 0.717) is 23.7 Å². The summed E-state index contributed by atoms with van der Waals surface area (Å²) in [7, 11) is 0. The zero-order chi connectivity index (χ0) is 20.1. The molecule has 2 heterocycles. The number of amides is 2. The summed E-state index contributed by atoms with van der Waals surface area (Å²) in [5.74, 6) is 0.491. The van der Waals surface area contributed by atoms with Gasteiger partial charge in [-0.25, -0.2) is 0 Å². The van der Waals surface area contributed by atoms with E-state index in [1.165, 1.54) is 0 Å². The van der Waals surface area contributed by atoms with E-state index >= 15 is 0 Å². The van der Waals surface area contributed by atoms with Gasteiger partial charge in [-0.15, -0.1) is 0 Å². The summed E-state index contributed by atoms with van der Waals surface area (Å²) in [4.78, 5) is 33.9. The van der Waals surface area contributed by atoms with Crippen LogP contribution in [0.3, 0.4) is 0 Å². The highest BCUT2D eigenvalue weighted by Crippen LogP contribution is 2.19. The number of hydrogen-bond acceptors (Lipinski definition) is 3. The Hall–Kier alpha value is -2.69. The molecule has 1 aliphatic heterocycles. The third kappa shape index (κ3) is 4.77. The molecule has 3 rings (SSSR count). The molecule has 0 atom stereocenters. The predicted molar refractivity (Wildman–Crippen MR) is 110 cm³/mol. The quantitative estimate of drug-likeness (QED) is 0.789. The van der Waals surface area contributed by atoms with Crippen molar-refractivity contribution in [2.24, 2.45) is 5.92 Å². The number of piperidine rings is 1. The molecule has 0 bridgehead atoms. The molecule has 5 nitrogen and oxygen atoms in total. The minimum absolute atomic E-state index is 0.0450. The third-order valence-electron chi connectivity index (χ3n) is 5.38. The maximum Gasteiger partial charge on any atom is 0.272 e. The van der Waals surface area contributed by atoms with E-state index in [1.54, 1.807) is 18.3 Å². The smallest absolute Gasteiger partial charge is 0.272 e. The maximum absolute atomic E-state index is 13.2. The van der Waals surface area contributed by atoms with Crippen LogP contribution < -0.4 is 0 Å². The van der Waals surface area contributed by atoms with Crippen LogP contribution in [0, 0.1) is 5.92 Å². The molecule has 5 heteroatoms. The number of pyridine rings is 1. The molecule has 0 spiro atoms. The van der Waals surface area contributed by atoms with E-state index < -0.39 is 0 Å². The van der Waals surface area contributed by atoms with Crippen molar-refractivity contribution in [2.45, 2.75) is 46.2 Å². The first-order chi connectivity index (χ1) is 13.5. The second kappa shape index (κ2) is 9.00. The van der Waals surface area contributed by atoms with Crippen molar-refractivity contribution < 1.29 is 9.59 Å². The summed E-state index contributed by atoms with van der Waals surface area (Å²) in [5.41, 5.74) is 1.94. The van der Waals surface area contributed by atoms with Crippen LogP contribution in [0.15, 0.2) is 48.7 Å². The third-order valence-corrected chi connectivity index (χ3v) is 5.38. The Labute approximate surface area is 167 Å². The number of benzene rings is 1. The van der Waals surface area contributed by atoms with Gasteiger partial charge in [-0.2, -0.15) is 0 Å². The van der Waals surface area contributed by atoms with Gasteiger partial charge in [0, 0.05) is 37.4 Å². The zero-order valence-corrected chi connectivity index (χ0v) is 17.0. The highest BCUT2D eigenvalue weighted by molar-refractivity contribution is 5.98. The fraction of sp³-hybridized carbons (Fsp3) is 0.435. The van der Waals surface area contributed by atoms with Gasteiger partial charge >= 0.3 is 0 Å². The molecule has 28 heavy (non-hydrogen) atoms. The Bertz CT molecular complexity index is 812. The Balaban J connectivity index is 1.77. The monoisotopic (exact) mass is 379 g/mol. The molecule has 0 aliphatic carbocycles. The van der Waals surface area contributed by atoms with Gasteiger partial charge in [-0.3, -0.25) is 14.6 Å². The van der Waals surface area contributed by atoms with Crippen LogP contribution in [0.25, 0.3) is 0 Å². The van der Waals surface area contributed by atoms with Crippen LogP contribution in [0.2, 0.25) is 0 Å². The average Bonchev–Trinajstić information content (AvgIpc) is 2.72. The summed E-state index contributed by atoms with van der Waals surface area (Å²) in [5, 5.41) is 0. The second-order valence-corrected chi connectivity index (χ2v) is 7.92. The van der Waals surface area contributed by atoms with Crippen molar-refractivity contribution >= 4 is 11.8 Å². The lowest BCUT2D eigenvalue weighted by atomic mass is 9.99. The molecular weight excluding hydrogens is 350 g/mol. The molecule has 0 radical (unpaired) electrons. The van der Waals surface area contributed by atoms with Crippen LogP contribution in [-0.2, 0) is 6.54 Å². The summed E-state index contributed by atoms with van der Waals surface area (Å²) < 4.78 is 0. The molecule has 1 aromatic carbocycles. The Kier molecular flexibility index (Phi) is 6.45. The van der Waals surface area contributed by atoms with E-state index in [2.05, 4.69) is 11.9 Å². The van der Waals surface area contributed by atoms with E-state index in [1.807, 2.05) is 54.0 Å². The van der Waals surface area contributed by atoms with Crippen molar-refractivity contribution in [3.8, 4) is 0 Å². The van der Waals surface area contributed by atoms with Gasteiger partial charge < -0.3 is 9.80 Å². The van der Waals surface area contributed by atoms with Gasteiger partial charge in [0.05, 0.1) is 0 Å². The van der Waals surface area contributed by atoms with Gasteiger partial charge in [0.1, 0.15) is 5.69 Å². The minimum atomic E-state index is -0.0827. The van der Waals surface area contributed by atoms with Crippen LogP contribution in [0.4, 0.5) is 0 Å². The second-order valence-electron chi connectivity index (χ2n) is 7.92. The molecule has 0 unspecified atom stereocenters. The molecular formula is C23H29N3O2. The molecule has 0 saturated carbocycles. The average molecular weight is 380 g/mol. The van der Waals surface area contributed by atoms with Crippen LogP contribution in [0.1, 0.15) is 60.0 Å².